The molecule has 3 rings (SSSR count). The Balaban J connectivity index is 1.66. The summed E-state index contributed by atoms with van der Waals surface area (Å²) in [5.74, 6) is -0.929. The molecule has 1 atom stereocenters. The molecule has 1 aromatic carbocycles. The number of alkyl halides is 3. The Morgan fingerprint density at radius 3 is 2.50 bits per heavy atom. The number of nitrogen functional groups attached to an aromatic ring is 1. The zero-order valence-corrected chi connectivity index (χ0v) is 17.5. The molecule has 0 bridgehead atoms. The summed E-state index contributed by atoms with van der Waals surface area (Å²) in [6.07, 6.45) is -3.94. The first-order chi connectivity index (χ1) is 14.8. The van der Waals surface area contributed by atoms with Gasteiger partial charge in [0.2, 0.25) is 11.8 Å². The zero-order valence-electron chi connectivity index (χ0n) is 17.5. The van der Waals surface area contributed by atoms with Crippen molar-refractivity contribution in [1.29, 1.82) is 0 Å². The fourth-order valence-electron chi connectivity index (χ4n) is 3.43. The number of hydrogen-bond acceptors (Lipinski definition) is 6. The first kappa shape index (κ1) is 23.2. The average molecular weight is 452 g/mol. The SMILES string of the molecule is CC1(C)CN(C(=O)Cc2ccc(OC(F)(F)F)cc2)CC1Oc1cc(C(N)=O)cnc1N. The van der Waals surface area contributed by atoms with Gasteiger partial charge in [0.25, 0.3) is 0 Å². The number of anilines is 1. The molecular weight excluding hydrogens is 429 g/mol. The van der Waals surface area contributed by atoms with Gasteiger partial charge in [-0.25, -0.2) is 4.98 Å². The van der Waals surface area contributed by atoms with Crippen LogP contribution >= 0.6 is 0 Å². The standard InChI is InChI=1S/C21H23F3N4O4/c1-20(2)11-28(10-16(20)31-15-8-13(19(26)30)9-27-18(15)25)17(29)7-12-3-5-14(6-4-12)32-21(22,23)24/h3-6,8-9,16H,7,10-11H2,1-2H3,(H2,25,27)(H2,26,30). The number of nitrogens with two attached hydrogens (primary N) is 2. The number of carbonyl (C=O) groups excluding carboxylic acids is 2. The number of benzene rings is 1. The second kappa shape index (κ2) is 8.56. The number of hydrogen-bond donors (Lipinski definition) is 2. The summed E-state index contributed by atoms with van der Waals surface area (Å²) in [6, 6.07) is 6.57. The molecule has 1 aliphatic heterocycles. The molecule has 0 aliphatic carbocycles. The van der Waals surface area contributed by atoms with Gasteiger partial charge in [-0.1, -0.05) is 26.0 Å². The monoisotopic (exact) mass is 452 g/mol. The molecule has 0 radical (unpaired) electrons. The van der Waals surface area contributed by atoms with Crippen molar-refractivity contribution in [2.24, 2.45) is 11.1 Å². The molecule has 2 heterocycles. The molecule has 1 fully saturated rings. The lowest BCUT2D eigenvalue weighted by Gasteiger charge is -2.26. The molecule has 8 nitrogen and oxygen atoms in total. The molecule has 1 saturated heterocycles. The third kappa shape index (κ3) is 5.59. The van der Waals surface area contributed by atoms with Gasteiger partial charge in [0.1, 0.15) is 11.9 Å². The number of amides is 2. The first-order valence-corrected chi connectivity index (χ1v) is 9.68. The van der Waals surface area contributed by atoms with Gasteiger partial charge in [-0.05, 0) is 23.8 Å². The average Bonchev–Trinajstić information content (AvgIpc) is 2.98. The van der Waals surface area contributed by atoms with Crippen molar-refractivity contribution in [1.82, 2.24) is 9.88 Å². The Kier molecular flexibility index (Phi) is 6.20. The van der Waals surface area contributed by atoms with Crippen LogP contribution in [-0.4, -0.2) is 47.3 Å². The number of aromatic nitrogens is 1. The van der Waals surface area contributed by atoms with Gasteiger partial charge in [-0.3, -0.25) is 9.59 Å². The number of carbonyl (C=O) groups is 2. The summed E-state index contributed by atoms with van der Waals surface area (Å²) < 4.78 is 46.7. The molecule has 0 saturated carbocycles. The molecule has 1 unspecified atom stereocenters. The highest BCUT2D eigenvalue weighted by Crippen LogP contribution is 2.35. The van der Waals surface area contributed by atoms with Crippen LogP contribution in [0.1, 0.15) is 29.8 Å². The van der Waals surface area contributed by atoms with Crippen LogP contribution in [0.25, 0.3) is 0 Å². The summed E-state index contributed by atoms with van der Waals surface area (Å²) in [6.45, 7) is 4.52. The minimum absolute atomic E-state index is 0.00987. The second-order valence-electron chi connectivity index (χ2n) is 8.21. The van der Waals surface area contributed by atoms with Gasteiger partial charge in [-0.15, -0.1) is 13.2 Å². The second-order valence-corrected chi connectivity index (χ2v) is 8.21. The van der Waals surface area contributed by atoms with Gasteiger partial charge in [0, 0.05) is 18.2 Å². The number of pyridine rings is 1. The van der Waals surface area contributed by atoms with Crippen LogP contribution in [0, 0.1) is 5.41 Å². The van der Waals surface area contributed by atoms with Crippen molar-refractivity contribution in [3.05, 3.63) is 47.7 Å². The van der Waals surface area contributed by atoms with Crippen LogP contribution in [-0.2, 0) is 11.2 Å². The van der Waals surface area contributed by atoms with E-state index in [9.17, 15) is 22.8 Å². The fraction of sp³-hybridized carbons (Fsp3) is 0.381. The van der Waals surface area contributed by atoms with Crippen molar-refractivity contribution < 1.29 is 32.2 Å². The van der Waals surface area contributed by atoms with Crippen LogP contribution in [0.4, 0.5) is 19.0 Å². The van der Waals surface area contributed by atoms with E-state index >= 15 is 0 Å². The van der Waals surface area contributed by atoms with E-state index in [1.54, 1.807) is 4.90 Å². The minimum atomic E-state index is -4.77. The summed E-state index contributed by atoms with van der Waals surface area (Å²) in [5, 5.41) is 0. The normalized spacial score (nSPS) is 17.8. The highest BCUT2D eigenvalue weighted by molar-refractivity contribution is 5.93. The van der Waals surface area contributed by atoms with Gasteiger partial charge >= 0.3 is 6.36 Å². The Bertz CT molecular complexity index is 1010. The van der Waals surface area contributed by atoms with Gasteiger partial charge < -0.3 is 25.8 Å². The molecular formula is C21H23F3N4O4. The summed E-state index contributed by atoms with van der Waals surface area (Å²) in [4.78, 5) is 29.7. The lowest BCUT2D eigenvalue weighted by atomic mass is 9.90. The smallest absolute Gasteiger partial charge is 0.484 e. The molecule has 0 spiro atoms. The van der Waals surface area contributed by atoms with E-state index < -0.39 is 23.8 Å². The molecule has 1 aromatic heterocycles. The fourth-order valence-corrected chi connectivity index (χ4v) is 3.43. The Morgan fingerprint density at radius 1 is 1.25 bits per heavy atom. The van der Waals surface area contributed by atoms with E-state index in [1.807, 2.05) is 13.8 Å². The quantitative estimate of drug-likeness (QED) is 0.695. The summed E-state index contributed by atoms with van der Waals surface area (Å²) in [5.41, 5.74) is 11.4. The Morgan fingerprint density at radius 2 is 1.91 bits per heavy atom. The van der Waals surface area contributed by atoms with Crippen molar-refractivity contribution in [3.63, 3.8) is 0 Å². The summed E-state index contributed by atoms with van der Waals surface area (Å²) in [7, 11) is 0. The maximum Gasteiger partial charge on any atom is 0.573 e. The highest BCUT2D eigenvalue weighted by atomic mass is 19.4. The van der Waals surface area contributed by atoms with Crippen LogP contribution in [0.3, 0.4) is 0 Å². The number of primary amides is 1. The molecule has 172 valence electrons. The van der Waals surface area contributed by atoms with Crippen molar-refractivity contribution in [3.8, 4) is 11.5 Å². The highest BCUT2D eigenvalue weighted by Gasteiger charge is 2.43. The van der Waals surface area contributed by atoms with Crippen LogP contribution in [0.5, 0.6) is 11.5 Å². The maximum atomic E-state index is 12.8. The molecule has 1 aliphatic rings. The van der Waals surface area contributed by atoms with Gasteiger partial charge in [-0.2, -0.15) is 0 Å². The number of likely N-dealkylation sites (tertiary alicyclic amines) is 1. The Hall–Kier alpha value is -3.50. The molecule has 2 amide bonds. The number of halogens is 3. The first-order valence-electron chi connectivity index (χ1n) is 9.68. The van der Waals surface area contributed by atoms with Gasteiger partial charge in [0.05, 0.1) is 18.5 Å². The van der Waals surface area contributed by atoms with Gasteiger partial charge in [0.15, 0.2) is 11.6 Å². The minimum Gasteiger partial charge on any atom is -0.484 e. The van der Waals surface area contributed by atoms with Crippen molar-refractivity contribution >= 4 is 17.6 Å². The summed E-state index contributed by atoms with van der Waals surface area (Å²) >= 11 is 0. The zero-order chi connectivity index (χ0) is 23.7. The lowest BCUT2D eigenvalue weighted by molar-refractivity contribution is -0.274. The molecule has 2 aromatic rings. The van der Waals surface area contributed by atoms with E-state index in [0.29, 0.717) is 12.1 Å². The molecule has 4 N–H and O–H groups in total. The van der Waals surface area contributed by atoms with Crippen molar-refractivity contribution in [2.75, 3.05) is 18.8 Å². The lowest BCUT2D eigenvalue weighted by Crippen LogP contribution is -2.33. The van der Waals surface area contributed by atoms with E-state index in [0.717, 1.165) is 12.1 Å². The predicted molar refractivity (Wildman–Crippen MR) is 109 cm³/mol. The number of ether oxygens (including phenoxy) is 2. The topological polar surface area (TPSA) is 121 Å². The number of nitrogens with zero attached hydrogens (tertiary/aromatic N) is 2. The van der Waals surface area contributed by atoms with Crippen LogP contribution < -0.4 is 20.9 Å². The largest absolute Gasteiger partial charge is 0.573 e. The van der Waals surface area contributed by atoms with E-state index in [2.05, 4.69) is 9.72 Å². The Labute approximate surface area is 182 Å². The van der Waals surface area contributed by atoms with Crippen LogP contribution in [0.15, 0.2) is 36.5 Å². The van der Waals surface area contributed by atoms with Crippen LogP contribution in [0.2, 0.25) is 0 Å². The van der Waals surface area contributed by atoms with Crippen molar-refractivity contribution in [2.45, 2.75) is 32.7 Å². The molecule has 32 heavy (non-hydrogen) atoms. The third-order valence-electron chi connectivity index (χ3n) is 5.16. The maximum absolute atomic E-state index is 12.8. The third-order valence-corrected chi connectivity index (χ3v) is 5.16. The number of rotatable bonds is 6. The van der Waals surface area contributed by atoms with E-state index in [-0.39, 0.29) is 41.8 Å². The predicted octanol–water partition coefficient (Wildman–Crippen LogP) is 2.52. The van der Waals surface area contributed by atoms with E-state index in [4.69, 9.17) is 16.2 Å². The molecule has 11 heteroatoms. The van der Waals surface area contributed by atoms with E-state index in [1.165, 1.54) is 24.4 Å².